The Balaban J connectivity index is 2.40. The summed E-state index contributed by atoms with van der Waals surface area (Å²) in [6, 6.07) is 4.85. The summed E-state index contributed by atoms with van der Waals surface area (Å²) in [5, 5.41) is 2.76. The van der Waals surface area contributed by atoms with Crippen molar-refractivity contribution in [2.75, 3.05) is 63.3 Å². The van der Waals surface area contributed by atoms with E-state index in [-0.39, 0.29) is 17.4 Å². The second kappa shape index (κ2) is 9.31. The van der Waals surface area contributed by atoms with E-state index >= 15 is 0 Å². The summed E-state index contributed by atoms with van der Waals surface area (Å²) in [5.41, 5.74) is 1.24. The van der Waals surface area contributed by atoms with Crippen LogP contribution >= 0.6 is 0 Å². The van der Waals surface area contributed by atoms with Crippen LogP contribution in [0, 0.1) is 0 Å². The average molecular weight is 385 g/mol. The number of sulfonamides is 1. The number of hydrogen-bond donors (Lipinski definition) is 1. The molecule has 8 nitrogen and oxygen atoms in total. The summed E-state index contributed by atoms with van der Waals surface area (Å²) < 4.78 is 37.3. The lowest BCUT2D eigenvalue weighted by Gasteiger charge is -2.28. The van der Waals surface area contributed by atoms with Gasteiger partial charge in [-0.3, -0.25) is 4.79 Å². The number of nitrogens with zero attached hydrogens (tertiary/aromatic N) is 2. The van der Waals surface area contributed by atoms with E-state index in [0.29, 0.717) is 32.0 Å². The molecule has 1 fully saturated rings. The van der Waals surface area contributed by atoms with Crippen LogP contribution in [0.15, 0.2) is 23.1 Å². The summed E-state index contributed by atoms with van der Waals surface area (Å²) >= 11 is 0. The second-order valence-corrected chi connectivity index (χ2v) is 7.79. The molecule has 0 unspecified atom stereocenters. The minimum atomic E-state index is -3.64. The molecule has 146 valence electrons. The maximum Gasteiger partial charge on any atom is 0.250 e. The van der Waals surface area contributed by atoms with Gasteiger partial charge in [0.1, 0.15) is 6.61 Å². The number of ether oxygens (including phenoxy) is 2. The van der Waals surface area contributed by atoms with Crippen molar-refractivity contribution in [1.82, 2.24) is 4.31 Å². The molecule has 0 aromatic heterocycles. The Morgan fingerprint density at radius 3 is 2.50 bits per heavy atom. The van der Waals surface area contributed by atoms with Crippen LogP contribution in [0.2, 0.25) is 0 Å². The fourth-order valence-electron chi connectivity index (χ4n) is 2.87. The number of carbonyl (C=O) groups excluding carboxylic acids is 1. The van der Waals surface area contributed by atoms with Crippen molar-refractivity contribution in [3.8, 4) is 0 Å². The number of rotatable bonds is 8. The van der Waals surface area contributed by atoms with Crippen molar-refractivity contribution in [1.29, 1.82) is 0 Å². The van der Waals surface area contributed by atoms with E-state index in [4.69, 9.17) is 9.47 Å². The number of amides is 1. The molecule has 1 aromatic carbocycles. The Morgan fingerprint density at radius 1 is 1.27 bits per heavy atom. The minimum Gasteiger partial charge on any atom is -0.379 e. The van der Waals surface area contributed by atoms with Crippen molar-refractivity contribution < 1.29 is 22.7 Å². The quantitative estimate of drug-likeness (QED) is 0.722. The van der Waals surface area contributed by atoms with Gasteiger partial charge in [-0.2, -0.15) is 4.31 Å². The normalized spacial score (nSPS) is 15.7. The van der Waals surface area contributed by atoms with Gasteiger partial charge in [0.15, 0.2) is 0 Å². The van der Waals surface area contributed by atoms with Gasteiger partial charge in [-0.15, -0.1) is 0 Å². The standard InChI is InChI=1S/C17H27N3O5S/c1-4-19(5-2)16-7-6-14(12-15(16)18-17(21)13-24-3)26(22,23)20-8-10-25-11-9-20/h6-7,12H,4-5,8-11,13H2,1-3H3,(H,18,21). The van der Waals surface area contributed by atoms with Crippen LogP contribution in [-0.4, -0.2) is 71.7 Å². The number of benzene rings is 1. The molecule has 0 saturated carbocycles. The molecule has 1 aliphatic rings. The van der Waals surface area contributed by atoms with E-state index in [1.165, 1.54) is 17.5 Å². The second-order valence-electron chi connectivity index (χ2n) is 5.85. The summed E-state index contributed by atoms with van der Waals surface area (Å²) in [6.07, 6.45) is 0. The van der Waals surface area contributed by atoms with Gasteiger partial charge < -0.3 is 19.7 Å². The third kappa shape index (κ3) is 4.73. The third-order valence-corrected chi connectivity index (χ3v) is 6.12. The molecule has 9 heteroatoms. The molecule has 2 rings (SSSR count). The van der Waals surface area contributed by atoms with Crippen molar-refractivity contribution in [3.05, 3.63) is 18.2 Å². The van der Waals surface area contributed by atoms with Gasteiger partial charge in [0.2, 0.25) is 15.9 Å². The highest BCUT2D eigenvalue weighted by molar-refractivity contribution is 7.89. The molecular weight excluding hydrogens is 358 g/mol. The molecule has 0 bridgehead atoms. The minimum absolute atomic E-state index is 0.0991. The smallest absolute Gasteiger partial charge is 0.250 e. The Hall–Kier alpha value is -1.68. The van der Waals surface area contributed by atoms with Crippen LogP contribution < -0.4 is 10.2 Å². The van der Waals surface area contributed by atoms with E-state index in [9.17, 15) is 13.2 Å². The van der Waals surface area contributed by atoms with Crippen LogP contribution in [0.25, 0.3) is 0 Å². The van der Waals surface area contributed by atoms with Crippen LogP contribution in [0.1, 0.15) is 13.8 Å². The SMILES string of the molecule is CCN(CC)c1ccc(S(=O)(=O)N2CCOCC2)cc1NC(=O)COC. The van der Waals surface area contributed by atoms with Crippen LogP contribution in [0.4, 0.5) is 11.4 Å². The van der Waals surface area contributed by atoms with Crippen molar-refractivity contribution in [2.24, 2.45) is 0 Å². The van der Waals surface area contributed by atoms with Gasteiger partial charge in [-0.1, -0.05) is 0 Å². The van der Waals surface area contributed by atoms with Crippen LogP contribution in [0.3, 0.4) is 0 Å². The Kier molecular flexibility index (Phi) is 7.39. The lowest BCUT2D eigenvalue weighted by molar-refractivity contribution is -0.119. The molecule has 1 amide bonds. The summed E-state index contributed by atoms with van der Waals surface area (Å²) in [4.78, 5) is 14.2. The van der Waals surface area contributed by atoms with E-state index in [1.54, 1.807) is 12.1 Å². The van der Waals surface area contributed by atoms with Gasteiger partial charge >= 0.3 is 0 Å². The number of anilines is 2. The summed E-state index contributed by atoms with van der Waals surface area (Å²) in [6.45, 7) is 6.79. The lowest BCUT2D eigenvalue weighted by Crippen LogP contribution is -2.40. The van der Waals surface area contributed by atoms with Gasteiger partial charge in [0.05, 0.1) is 29.5 Å². The molecule has 1 N–H and O–H groups in total. The Bertz CT molecular complexity index is 713. The molecule has 0 spiro atoms. The first-order valence-electron chi connectivity index (χ1n) is 8.69. The fraction of sp³-hybridized carbons (Fsp3) is 0.588. The van der Waals surface area contributed by atoms with E-state index < -0.39 is 10.0 Å². The zero-order valence-electron chi connectivity index (χ0n) is 15.5. The first-order chi connectivity index (χ1) is 12.4. The van der Waals surface area contributed by atoms with Crippen LogP contribution in [-0.2, 0) is 24.3 Å². The molecular formula is C17H27N3O5S. The van der Waals surface area contributed by atoms with Crippen LogP contribution in [0.5, 0.6) is 0 Å². The van der Waals surface area contributed by atoms with Crippen molar-refractivity contribution in [3.63, 3.8) is 0 Å². The largest absolute Gasteiger partial charge is 0.379 e. The molecule has 1 aromatic rings. The molecule has 1 aliphatic heterocycles. The number of methoxy groups -OCH3 is 1. The Morgan fingerprint density at radius 2 is 1.92 bits per heavy atom. The van der Waals surface area contributed by atoms with Gasteiger partial charge in [-0.05, 0) is 32.0 Å². The number of carbonyl (C=O) groups is 1. The molecule has 0 atom stereocenters. The highest BCUT2D eigenvalue weighted by Crippen LogP contribution is 2.30. The fourth-order valence-corrected chi connectivity index (χ4v) is 4.30. The third-order valence-electron chi connectivity index (χ3n) is 4.23. The van der Waals surface area contributed by atoms with E-state index in [0.717, 1.165) is 18.8 Å². The van der Waals surface area contributed by atoms with Crippen molar-refractivity contribution >= 4 is 27.3 Å². The molecule has 1 heterocycles. The lowest BCUT2D eigenvalue weighted by atomic mass is 10.2. The average Bonchev–Trinajstić information content (AvgIpc) is 2.64. The predicted octanol–water partition coefficient (Wildman–Crippen LogP) is 1.14. The topological polar surface area (TPSA) is 88.2 Å². The maximum absolute atomic E-state index is 12.9. The maximum atomic E-state index is 12.9. The first-order valence-corrected chi connectivity index (χ1v) is 10.1. The first kappa shape index (κ1) is 20.6. The molecule has 0 radical (unpaired) electrons. The zero-order chi connectivity index (χ0) is 19.2. The number of hydrogen-bond acceptors (Lipinski definition) is 6. The highest BCUT2D eigenvalue weighted by Gasteiger charge is 2.27. The summed E-state index contributed by atoms with van der Waals surface area (Å²) in [7, 11) is -2.20. The number of nitrogens with one attached hydrogen (secondary N) is 1. The monoisotopic (exact) mass is 385 g/mol. The predicted molar refractivity (Wildman–Crippen MR) is 100 cm³/mol. The van der Waals surface area contributed by atoms with E-state index in [2.05, 4.69) is 5.32 Å². The Labute approximate surface area is 155 Å². The van der Waals surface area contributed by atoms with Crippen molar-refractivity contribution in [2.45, 2.75) is 18.7 Å². The zero-order valence-corrected chi connectivity index (χ0v) is 16.3. The molecule has 1 saturated heterocycles. The van der Waals surface area contributed by atoms with Gasteiger partial charge in [-0.25, -0.2) is 8.42 Å². The van der Waals surface area contributed by atoms with E-state index in [1.807, 2.05) is 18.7 Å². The molecule has 0 aliphatic carbocycles. The summed E-state index contributed by atoms with van der Waals surface area (Å²) in [5.74, 6) is -0.332. The number of morpholine rings is 1. The van der Waals surface area contributed by atoms with Gasteiger partial charge in [0, 0.05) is 33.3 Å². The van der Waals surface area contributed by atoms with Gasteiger partial charge in [0.25, 0.3) is 0 Å². The molecule has 26 heavy (non-hydrogen) atoms. The highest BCUT2D eigenvalue weighted by atomic mass is 32.2.